The molecule has 3 heterocycles. The summed E-state index contributed by atoms with van der Waals surface area (Å²) in [4.78, 5) is 31.4. The Morgan fingerprint density at radius 1 is 1.21 bits per heavy atom. The third-order valence-electron chi connectivity index (χ3n) is 5.49. The summed E-state index contributed by atoms with van der Waals surface area (Å²) in [6.45, 7) is 3.41. The van der Waals surface area contributed by atoms with Crippen molar-refractivity contribution in [3.8, 4) is 0 Å². The third kappa shape index (κ3) is 4.74. The van der Waals surface area contributed by atoms with E-state index in [9.17, 15) is 9.59 Å². The molecule has 2 amide bonds. The van der Waals surface area contributed by atoms with Crippen LogP contribution in [0.25, 0.3) is 0 Å². The minimum atomic E-state index is -0.169. The van der Waals surface area contributed by atoms with Gasteiger partial charge in [0.05, 0.1) is 13.2 Å². The van der Waals surface area contributed by atoms with Gasteiger partial charge in [-0.05, 0) is 30.5 Å². The second kappa shape index (κ2) is 9.05. The molecule has 0 aliphatic carbocycles. The fourth-order valence-corrected chi connectivity index (χ4v) is 3.86. The first-order chi connectivity index (χ1) is 14.2. The summed E-state index contributed by atoms with van der Waals surface area (Å²) < 4.78 is 5.41. The highest BCUT2D eigenvalue weighted by Crippen LogP contribution is 2.27. The van der Waals surface area contributed by atoms with E-state index in [1.165, 1.54) is 0 Å². The van der Waals surface area contributed by atoms with E-state index >= 15 is 0 Å². The second-order valence-corrected chi connectivity index (χ2v) is 7.45. The van der Waals surface area contributed by atoms with Crippen LogP contribution >= 0.6 is 0 Å². The van der Waals surface area contributed by atoms with Gasteiger partial charge in [-0.3, -0.25) is 9.59 Å². The Kier molecular flexibility index (Phi) is 6.05. The number of benzene rings is 1. The summed E-state index contributed by atoms with van der Waals surface area (Å²) in [6.07, 6.45) is 3.32. The Bertz CT molecular complexity index is 880. The van der Waals surface area contributed by atoms with Crippen molar-refractivity contribution in [3.05, 3.63) is 53.7 Å². The van der Waals surface area contributed by atoms with E-state index < -0.39 is 0 Å². The predicted octanol–water partition coefficient (Wildman–Crippen LogP) is 2.13. The van der Waals surface area contributed by atoms with Gasteiger partial charge in [0.1, 0.15) is 5.82 Å². The molecule has 2 aliphatic heterocycles. The molecule has 1 saturated heterocycles. The molecule has 0 saturated carbocycles. The summed E-state index contributed by atoms with van der Waals surface area (Å²) in [5, 5.41) is 5.92. The zero-order valence-corrected chi connectivity index (χ0v) is 16.4. The van der Waals surface area contributed by atoms with Crippen LogP contribution in [0.3, 0.4) is 0 Å². The van der Waals surface area contributed by atoms with E-state index in [1.807, 2.05) is 36.4 Å². The Morgan fingerprint density at radius 3 is 2.90 bits per heavy atom. The number of nitrogens with one attached hydrogen (secondary N) is 2. The molecule has 1 aromatic heterocycles. The zero-order valence-electron chi connectivity index (χ0n) is 16.4. The number of anilines is 2. The number of carbonyl (C=O) groups excluding carboxylic acids is 2. The molecule has 1 atom stereocenters. The van der Waals surface area contributed by atoms with Crippen LogP contribution in [0.2, 0.25) is 0 Å². The van der Waals surface area contributed by atoms with Crippen LogP contribution in [-0.4, -0.2) is 43.1 Å². The van der Waals surface area contributed by atoms with Gasteiger partial charge in [-0.2, -0.15) is 0 Å². The normalized spacial score (nSPS) is 18.7. The lowest BCUT2D eigenvalue weighted by molar-refractivity contribution is -0.122. The van der Waals surface area contributed by atoms with E-state index in [0.717, 1.165) is 35.7 Å². The molecule has 7 heteroatoms. The first-order valence-corrected chi connectivity index (χ1v) is 10.1. The second-order valence-electron chi connectivity index (χ2n) is 7.45. The monoisotopic (exact) mass is 394 g/mol. The van der Waals surface area contributed by atoms with Crippen LogP contribution in [0.1, 0.15) is 24.0 Å². The van der Waals surface area contributed by atoms with Crippen molar-refractivity contribution in [2.45, 2.75) is 25.8 Å². The van der Waals surface area contributed by atoms with E-state index in [1.54, 1.807) is 6.20 Å². The van der Waals surface area contributed by atoms with Gasteiger partial charge in [-0.1, -0.05) is 24.3 Å². The van der Waals surface area contributed by atoms with Gasteiger partial charge in [0.2, 0.25) is 11.8 Å². The maximum atomic E-state index is 12.4. The lowest BCUT2D eigenvalue weighted by atomic mass is 9.89. The highest BCUT2D eigenvalue weighted by molar-refractivity contribution is 5.96. The molecule has 2 N–H and O–H groups in total. The maximum absolute atomic E-state index is 12.4. The minimum Gasteiger partial charge on any atom is -0.378 e. The molecule has 1 aromatic carbocycles. The van der Waals surface area contributed by atoms with Crippen molar-refractivity contribution < 1.29 is 14.3 Å². The van der Waals surface area contributed by atoms with Gasteiger partial charge in [0, 0.05) is 49.4 Å². The summed E-state index contributed by atoms with van der Waals surface area (Å²) >= 11 is 0. The molecule has 0 radical (unpaired) electrons. The summed E-state index contributed by atoms with van der Waals surface area (Å²) in [5.74, 6) is 0.684. The molecule has 4 rings (SSSR count). The largest absolute Gasteiger partial charge is 0.378 e. The van der Waals surface area contributed by atoms with Gasteiger partial charge in [0.15, 0.2) is 0 Å². The number of ether oxygens (including phenoxy) is 1. The maximum Gasteiger partial charge on any atom is 0.227 e. The summed E-state index contributed by atoms with van der Waals surface area (Å²) in [7, 11) is 0. The average molecular weight is 394 g/mol. The molecular weight excluding hydrogens is 368 g/mol. The Balaban J connectivity index is 1.29. The number of carbonyl (C=O) groups is 2. The smallest absolute Gasteiger partial charge is 0.227 e. The molecule has 2 aromatic rings. The van der Waals surface area contributed by atoms with Crippen LogP contribution in [0, 0.1) is 5.92 Å². The quantitative estimate of drug-likeness (QED) is 0.784. The van der Waals surface area contributed by atoms with Crippen molar-refractivity contribution in [1.29, 1.82) is 0 Å². The fourth-order valence-electron chi connectivity index (χ4n) is 3.86. The third-order valence-corrected chi connectivity index (χ3v) is 5.49. The summed E-state index contributed by atoms with van der Waals surface area (Å²) in [6, 6.07) is 11.7. The first kappa shape index (κ1) is 19.4. The number of para-hydroxylation sites is 1. The lowest BCUT2D eigenvalue weighted by Crippen LogP contribution is -2.38. The van der Waals surface area contributed by atoms with Crippen molar-refractivity contribution in [2.24, 2.45) is 5.92 Å². The number of rotatable bonds is 6. The number of fused-ring (bicyclic) bond motifs is 1. The zero-order chi connectivity index (χ0) is 20.1. The number of pyridine rings is 1. The van der Waals surface area contributed by atoms with Gasteiger partial charge >= 0.3 is 0 Å². The topological polar surface area (TPSA) is 83.6 Å². The lowest BCUT2D eigenvalue weighted by Gasteiger charge is -2.29. The number of amides is 2. The molecule has 1 unspecified atom stereocenters. The SMILES string of the molecule is O=C(CCC1Cc2ccccc2NC1=O)NCc1cccnc1N1CCOCC1. The van der Waals surface area contributed by atoms with Crippen molar-refractivity contribution in [1.82, 2.24) is 10.3 Å². The van der Waals surface area contributed by atoms with Crippen LogP contribution in [0.15, 0.2) is 42.6 Å². The average Bonchev–Trinajstić information content (AvgIpc) is 2.77. The highest BCUT2D eigenvalue weighted by atomic mass is 16.5. The molecule has 0 spiro atoms. The first-order valence-electron chi connectivity index (χ1n) is 10.1. The van der Waals surface area contributed by atoms with E-state index in [-0.39, 0.29) is 17.7 Å². The van der Waals surface area contributed by atoms with Crippen LogP contribution in [-0.2, 0) is 27.3 Å². The Labute approximate surface area is 170 Å². The highest BCUT2D eigenvalue weighted by Gasteiger charge is 2.26. The summed E-state index contributed by atoms with van der Waals surface area (Å²) in [5.41, 5.74) is 3.00. The van der Waals surface area contributed by atoms with Gasteiger partial charge in [0.25, 0.3) is 0 Å². The van der Waals surface area contributed by atoms with Gasteiger partial charge < -0.3 is 20.3 Å². The number of morpholine rings is 1. The van der Waals surface area contributed by atoms with Crippen LogP contribution in [0.4, 0.5) is 11.5 Å². The molecular formula is C22H26N4O3. The van der Waals surface area contributed by atoms with E-state index in [2.05, 4.69) is 20.5 Å². The van der Waals surface area contributed by atoms with E-state index in [0.29, 0.717) is 39.0 Å². The number of nitrogens with zero attached hydrogens (tertiary/aromatic N) is 2. The number of aromatic nitrogens is 1. The Morgan fingerprint density at radius 2 is 2.03 bits per heavy atom. The van der Waals surface area contributed by atoms with Gasteiger partial charge in [-0.15, -0.1) is 0 Å². The molecule has 152 valence electrons. The predicted molar refractivity (Wildman–Crippen MR) is 111 cm³/mol. The minimum absolute atomic E-state index is 0.00152. The van der Waals surface area contributed by atoms with Crippen LogP contribution < -0.4 is 15.5 Å². The van der Waals surface area contributed by atoms with Crippen molar-refractivity contribution >= 4 is 23.3 Å². The fraction of sp³-hybridized carbons (Fsp3) is 0.409. The van der Waals surface area contributed by atoms with Crippen molar-refractivity contribution in [2.75, 3.05) is 36.5 Å². The van der Waals surface area contributed by atoms with Gasteiger partial charge in [-0.25, -0.2) is 4.98 Å². The standard InChI is InChI=1S/C22H26N4O3/c27-20(8-7-17-14-16-4-1-2-6-19(16)25-22(17)28)24-15-18-5-3-9-23-21(18)26-10-12-29-13-11-26/h1-6,9,17H,7-8,10-15H2,(H,24,27)(H,25,28). The molecule has 1 fully saturated rings. The molecule has 29 heavy (non-hydrogen) atoms. The van der Waals surface area contributed by atoms with Crippen LogP contribution in [0.5, 0.6) is 0 Å². The Hall–Kier alpha value is -2.93. The molecule has 7 nitrogen and oxygen atoms in total. The number of hydrogen-bond acceptors (Lipinski definition) is 5. The number of hydrogen-bond donors (Lipinski definition) is 2. The molecule has 0 bridgehead atoms. The molecule has 2 aliphatic rings. The van der Waals surface area contributed by atoms with E-state index in [4.69, 9.17) is 4.74 Å². The van der Waals surface area contributed by atoms with Crippen molar-refractivity contribution in [3.63, 3.8) is 0 Å².